The molecule has 164 valence electrons. The molecule has 1 aromatic heterocycles. The van der Waals surface area contributed by atoms with Gasteiger partial charge in [-0.2, -0.15) is 0 Å². The number of carbonyl (C=O) groups excluding carboxylic acids is 2. The zero-order valence-electron chi connectivity index (χ0n) is 17.6. The van der Waals surface area contributed by atoms with Gasteiger partial charge in [-0.05, 0) is 68.9 Å². The quantitative estimate of drug-likeness (QED) is 0.790. The minimum absolute atomic E-state index is 0.0223. The predicted molar refractivity (Wildman–Crippen MR) is 110 cm³/mol. The number of pyridine rings is 1. The maximum atomic E-state index is 13.4. The van der Waals surface area contributed by atoms with Crippen molar-refractivity contribution in [3.63, 3.8) is 0 Å². The SMILES string of the molecule is CCOc1nc(C)ccc1C(=O)N1CCC2(CC(NC(=O)c3ccc(F)c(F)c3)C2)C1. The topological polar surface area (TPSA) is 71.5 Å². The van der Waals surface area contributed by atoms with Gasteiger partial charge >= 0.3 is 0 Å². The number of amides is 2. The van der Waals surface area contributed by atoms with Gasteiger partial charge in [-0.25, -0.2) is 13.8 Å². The number of likely N-dealkylation sites (tertiary alicyclic amines) is 1. The summed E-state index contributed by atoms with van der Waals surface area (Å²) in [6.07, 6.45) is 2.35. The number of halogens is 2. The summed E-state index contributed by atoms with van der Waals surface area (Å²) in [6, 6.07) is 6.63. The second-order valence-electron chi connectivity index (χ2n) is 8.42. The molecule has 4 rings (SSSR count). The number of nitrogens with one attached hydrogen (secondary N) is 1. The van der Waals surface area contributed by atoms with Gasteiger partial charge in [0.1, 0.15) is 5.56 Å². The Kier molecular flexibility index (Phi) is 5.64. The van der Waals surface area contributed by atoms with E-state index in [0.29, 0.717) is 31.1 Å². The van der Waals surface area contributed by atoms with E-state index in [4.69, 9.17) is 4.74 Å². The maximum Gasteiger partial charge on any atom is 0.259 e. The van der Waals surface area contributed by atoms with Gasteiger partial charge in [0, 0.05) is 30.4 Å². The van der Waals surface area contributed by atoms with E-state index in [1.165, 1.54) is 6.07 Å². The fourth-order valence-electron chi connectivity index (χ4n) is 4.55. The van der Waals surface area contributed by atoms with E-state index in [-0.39, 0.29) is 22.9 Å². The van der Waals surface area contributed by atoms with Crippen LogP contribution in [-0.2, 0) is 0 Å². The zero-order valence-corrected chi connectivity index (χ0v) is 17.6. The van der Waals surface area contributed by atoms with Crippen LogP contribution in [-0.4, -0.2) is 47.4 Å². The van der Waals surface area contributed by atoms with Crippen molar-refractivity contribution >= 4 is 11.8 Å². The Hall–Kier alpha value is -3.03. The normalized spacial score (nSPS) is 22.3. The first-order chi connectivity index (χ1) is 14.8. The molecule has 1 aromatic carbocycles. The van der Waals surface area contributed by atoms with E-state index in [1.54, 1.807) is 12.1 Å². The first-order valence-corrected chi connectivity index (χ1v) is 10.5. The van der Waals surface area contributed by atoms with E-state index in [0.717, 1.165) is 37.1 Å². The molecule has 2 aliphatic rings. The van der Waals surface area contributed by atoms with E-state index >= 15 is 0 Å². The standard InChI is InChI=1S/C23H25F2N3O3/c1-3-31-21-17(6-4-14(2)26-21)22(30)28-9-8-23(13-28)11-16(12-23)27-20(29)15-5-7-18(24)19(25)10-15/h4-7,10,16H,3,8-9,11-13H2,1-2H3,(H,27,29). The summed E-state index contributed by atoms with van der Waals surface area (Å²) < 4.78 is 32.0. The third kappa shape index (κ3) is 4.24. The minimum atomic E-state index is -1.04. The highest BCUT2D eigenvalue weighted by atomic mass is 19.2. The van der Waals surface area contributed by atoms with Crippen LogP contribution in [0.4, 0.5) is 8.78 Å². The summed E-state index contributed by atoms with van der Waals surface area (Å²) in [4.78, 5) is 31.5. The Bertz CT molecular complexity index is 1020. The highest BCUT2D eigenvalue weighted by Crippen LogP contribution is 2.48. The minimum Gasteiger partial charge on any atom is -0.477 e. The number of rotatable bonds is 5. The molecular weight excluding hydrogens is 404 g/mol. The van der Waals surface area contributed by atoms with Crippen LogP contribution in [0, 0.1) is 24.0 Å². The van der Waals surface area contributed by atoms with Gasteiger partial charge in [-0.1, -0.05) is 0 Å². The van der Waals surface area contributed by atoms with Crippen LogP contribution in [0.1, 0.15) is 52.6 Å². The van der Waals surface area contributed by atoms with Gasteiger partial charge < -0.3 is 15.0 Å². The van der Waals surface area contributed by atoms with Gasteiger partial charge in [0.25, 0.3) is 11.8 Å². The van der Waals surface area contributed by atoms with Crippen molar-refractivity contribution in [3.8, 4) is 5.88 Å². The number of aryl methyl sites for hydroxylation is 1. The molecule has 1 aliphatic heterocycles. The van der Waals surface area contributed by atoms with Crippen molar-refractivity contribution in [3.05, 3.63) is 58.8 Å². The molecule has 2 heterocycles. The lowest BCUT2D eigenvalue weighted by Gasteiger charge is -2.45. The number of nitrogens with zero attached hydrogens (tertiary/aromatic N) is 2. The number of hydrogen-bond donors (Lipinski definition) is 1. The Morgan fingerprint density at radius 1 is 1.23 bits per heavy atom. The Morgan fingerprint density at radius 2 is 2.00 bits per heavy atom. The largest absolute Gasteiger partial charge is 0.477 e. The summed E-state index contributed by atoms with van der Waals surface area (Å²) >= 11 is 0. The monoisotopic (exact) mass is 429 g/mol. The molecule has 2 amide bonds. The van der Waals surface area contributed by atoms with Crippen molar-refractivity contribution in [1.29, 1.82) is 0 Å². The molecule has 0 atom stereocenters. The lowest BCUT2D eigenvalue weighted by molar-refractivity contribution is 0.0607. The van der Waals surface area contributed by atoms with Crippen molar-refractivity contribution in [2.75, 3.05) is 19.7 Å². The number of hydrogen-bond acceptors (Lipinski definition) is 4. The molecule has 0 bridgehead atoms. The molecule has 2 fully saturated rings. The summed E-state index contributed by atoms with van der Waals surface area (Å²) in [7, 11) is 0. The second kappa shape index (κ2) is 8.24. The average molecular weight is 429 g/mol. The van der Waals surface area contributed by atoms with Crippen molar-refractivity contribution < 1.29 is 23.1 Å². The molecule has 0 unspecified atom stereocenters. The molecule has 1 saturated carbocycles. The first kappa shape index (κ1) is 21.2. The van der Waals surface area contributed by atoms with Crippen LogP contribution in [0.25, 0.3) is 0 Å². The van der Waals surface area contributed by atoms with Gasteiger partial charge in [0.2, 0.25) is 5.88 Å². The van der Waals surface area contributed by atoms with Crippen LogP contribution in [0.3, 0.4) is 0 Å². The van der Waals surface area contributed by atoms with E-state index in [1.807, 2.05) is 18.7 Å². The molecule has 1 saturated heterocycles. The highest BCUT2D eigenvalue weighted by Gasteiger charge is 2.50. The van der Waals surface area contributed by atoms with Gasteiger partial charge in [0.05, 0.1) is 6.61 Å². The fourth-order valence-corrected chi connectivity index (χ4v) is 4.55. The molecule has 8 heteroatoms. The fraction of sp³-hybridized carbons (Fsp3) is 0.435. The summed E-state index contributed by atoms with van der Waals surface area (Å²) in [5.41, 5.74) is 1.33. The number of carbonyl (C=O) groups is 2. The molecule has 1 spiro atoms. The third-order valence-electron chi connectivity index (χ3n) is 6.11. The lowest BCUT2D eigenvalue weighted by Crippen LogP contribution is -2.52. The molecule has 2 aromatic rings. The zero-order chi connectivity index (χ0) is 22.2. The number of benzene rings is 1. The predicted octanol–water partition coefficient (Wildman–Crippen LogP) is 3.49. The van der Waals surface area contributed by atoms with Gasteiger partial charge in [-0.3, -0.25) is 9.59 Å². The van der Waals surface area contributed by atoms with Gasteiger partial charge in [-0.15, -0.1) is 0 Å². The summed E-state index contributed by atoms with van der Waals surface area (Å²) in [5, 5.41) is 2.88. The first-order valence-electron chi connectivity index (χ1n) is 10.5. The molecule has 0 radical (unpaired) electrons. The van der Waals surface area contributed by atoms with Crippen LogP contribution in [0.15, 0.2) is 30.3 Å². The lowest BCUT2D eigenvalue weighted by atomic mass is 9.65. The average Bonchev–Trinajstić information content (AvgIpc) is 3.15. The van der Waals surface area contributed by atoms with Crippen LogP contribution >= 0.6 is 0 Å². The molecule has 1 N–H and O–H groups in total. The second-order valence-corrected chi connectivity index (χ2v) is 8.42. The molecule has 6 nitrogen and oxygen atoms in total. The van der Waals surface area contributed by atoms with E-state index in [2.05, 4.69) is 10.3 Å². The number of ether oxygens (including phenoxy) is 1. The van der Waals surface area contributed by atoms with E-state index in [9.17, 15) is 18.4 Å². The van der Waals surface area contributed by atoms with Crippen LogP contribution in [0.2, 0.25) is 0 Å². The third-order valence-corrected chi connectivity index (χ3v) is 6.11. The Balaban J connectivity index is 1.35. The summed E-state index contributed by atoms with van der Waals surface area (Å²) in [6.45, 7) is 5.39. The van der Waals surface area contributed by atoms with Crippen molar-refractivity contribution in [1.82, 2.24) is 15.2 Å². The molecule has 1 aliphatic carbocycles. The maximum absolute atomic E-state index is 13.4. The van der Waals surface area contributed by atoms with Crippen LogP contribution in [0.5, 0.6) is 5.88 Å². The smallest absolute Gasteiger partial charge is 0.259 e. The van der Waals surface area contributed by atoms with Crippen molar-refractivity contribution in [2.24, 2.45) is 5.41 Å². The van der Waals surface area contributed by atoms with Crippen LogP contribution < -0.4 is 10.1 Å². The highest BCUT2D eigenvalue weighted by molar-refractivity contribution is 5.96. The molecule has 31 heavy (non-hydrogen) atoms. The van der Waals surface area contributed by atoms with Gasteiger partial charge in [0.15, 0.2) is 11.6 Å². The van der Waals surface area contributed by atoms with Crippen molar-refractivity contribution in [2.45, 2.75) is 39.2 Å². The Morgan fingerprint density at radius 3 is 2.71 bits per heavy atom. The molecular formula is C23H25F2N3O3. The number of aromatic nitrogens is 1. The summed E-state index contributed by atoms with van der Waals surface area (Å²) in [5.74, 6) is -2.18. The van der Waals surface area contributed by atoms with E-state index < -0.39 is 17.5 Å². The Labute approximate surface area is 179 Å².